The van der Waals surface area contributed by atoms with Crippen LogP contribution < -0.4 is 10.6 Å². The first-order valence-corrected chi connectivity index (χ1v) is 7.22. The standard InChI is InChI=1S/C15H21N3O3/c1-16-15(5-3-2-4-6-15)8-13(19)18-12-7-11(14(20)21)9-17-10-12/h7,9-10,16H,2-6,8H2,1H3,(H,18,19)(H,20,21). The third-order valence-corrected chi connectivity index (χ3v) is 4.11. The van der Waals surface area contributed by atoms with Gasteiger partial charge >= 0.3 is 5.97 Å². The van der Waals surface area contributed by atoms with Crippen molar-refractivity contribution < 1.29 is 14.7 Å². The number of nitrogens with zero attached hydrogens (tertiary/aromatic N) is 1. The predicted molar refractivity (Wildman–Crippen MR) is 79.3 cm³/mol. The number of carboxylic acid groups (broad SMARTS) is 1. The summed E-state index contributed by atoms with van der Waals surface area (Å²) in [6.45, 7) is 0. The molecule has 6 heteroatoms. The molecule has 0 bridgehead atoms. The van der Waals surface area contributed by atoms with Crippen LogP contribution in [0.3, 0.4) is 0 Å². The lowest BCUT2D eigenvalue weighted by Crippen LogP contribution is -2.47. The van der Waals surface area contributed by atoms with E-state index in [4.69, 9.17) is 5.11 Å². The van der Waals surface area contributed by atoms with Gasteiger partial charge in [0.15, 0.2) is 0 Å². The molecule has 0 radical (unpaired) electrons. The molecule has 0 unspecified atom stereocenters. The van der Waals surface area contributed by atoms with Crippen molar-refractivity contribution in [3.05, 3.63) is 24.0 Å². The maximum absolute atomic E-state index is 12.2. The Hall–Kier alpha value is -1.95. The summed E-state index contributed by atoms with van der Waals surface area (Å²) >= 11 is 0. The Kier molecular flexibility index (Phi) is 4.90. The zero-order chi connectivity index (χ0) is 15.3. The van der Waals surface area contributed by atoms with Crippen LogP contribution in [0.1, 0.15) is 48.9 Å². The van der Waals surface area contributed by atoms with Gasteiger partial charge in [-0.05, 0) is 26.0 Å². The van der Waals surface area contributed by atoms with E-state index in [1.165, 1.54) is 24.9 Å². The second-order valence-corrected chi connectivity index (χ2v) is 5.58. The van der Waals surface area contributed by atoms with Gasteiger partial charge in [0.1, 0.15) is 0 Å². The molecule has 21 heavy (non-hydrogen) atoms. The van der Waals surface area contributed by atoms with Crippen molar-refractivity contribution in [3.8, 4) is 0 Å². The molecular weight excluding hydrogens is 270 g/mol. The fourth-order valence-corrected chi connectivity index (χ4v) is 2.88. The number of hydrogen-bond donors (Lipinski definition) is 3. The highest BCUT2D eigenvalue weighted by Gasteiger charge is 2.32. The van der Waals surface area contributed by atoms with E-state index in [0.717, 1.165) is 25.7 Å². The number of anilines is 1. The lowest BCUT2D eigenvalue weighted by Gasteiger charge is -2.36. The molecule has 1 aliphatic carbocycles. The SMILES string of the molecule is CNC1(CC(=O)Nc2cncc(C(=O)O)c2)CCCCC1. The molecular formula is C15H21N3O3. The molecule has 1 fully saturated rings. The number of aromatic carboxylic acids is 1. The maximum Gasteiger partial charge on any atom is 0.337 e. The Morgan fingerprint density at radius 3 is 2.62 bits per heavy atom. The fraction of sp³-hybridized carbons (Fsp3) is 0.533. The summed E-state index contributed by atoms with van der Waals surface area (Å²) in [6, 6.07) is 1.42. The molecule has 0 saturated heterocycles. The van der Waals surface area contributed by atoms with Crippen LogP contribution in [-0.4, -0.2) is 34.6 Å². The molecule has 1 heterocycles. The van der Waals surface area contributed by atoms with Crippen molar-refractivity contribution in [3.63, 3.8) is 0 Å². The second kappa shape index (κ2) is 6.67. The van der Waals surface area contributed by atoms with Gasteiger partial charge in [0.2, 0.25) is 5.91 Å². The van der Waals surface area contributed by atoms with Crippen molar-refractivity contribution in [2.24, 2.45) is 0 Å². The molecule has 0 spiro atoms. The molecule has 1 aliphatic rings. The summed E-state index contributed by atoms with van der Waals surface area (Å²) in [4.78, 5) is 26.9. The minimum Gasteiger partial charge on any atom is -0.478 e. The third kappa shape index (κ3) is 4.01. The molecule has 0 atom stereocenters. The summed E-state index contributed by atoms with van der Waals surface area (Å²) in [6.07, 6.45) is 8.56. The van der Waals surface area contributed by atoms with Gasteiger partial charge in [0.25, 0.3) is 0 Å². The minimum absolute atomic E-state index is 0.0637. The summed E-state index contributed by atoms with van der Waals surface area (Å²) in [5.74, 6) is -1.17. The monoisotopic (exact) mass is 291 g/mol. The van der Waals surface area contributed by atoms with Crippen LogP contribution in [0.4, 0.5) is 5.69 Å². The number of carbonyl (C=O) groups excluding carboxylic acids is 1. The van der Waals surface area contributed by atoms with Gasteiger partial charge in [-0.3, -0.25) is 9.78 Å². The molecule has 1 aromatic rings. The van der Waals surface area contributed by atoms with E-state index >= 15 is 0 Å². The fourth-order valence-electron chi connectivity index (χ4n) is 2.88. The Bertz CT molecular complexity index is 525. The zero-order valence-electron chi connectivity index (χ0n) is 12.2. The summed E-state index contributed by atoms with van der Waals surface area (Å²) in [5.41, 5.74) is 0.343. The highest BCUT2D eigenvalue weighted by Crippen LogP contribution is 2.31. The topological polar surface area (TPSA) is 91.3 Å². The van der Waals surface area contributed by atoms with E-state index in [1.807, 2.05) is 7.05 Å². The van der Waals surface area contributed by atoms with E-state index < -0.39 is 5.97 Å². The molecule has 0 aromatic carbocycles. The number of amides is 1. The van der Waals surface area contributed by atoms with Crippen molar-refractivity contribution in [2.45, 2.75) is 44.1 Å². The van der Waals surface area contributed by atoms with E-state index in [2.05, 4.69) is 15.6 Å². The van der Waals surface area contributed by atoms with Gasteiger partial charge < -0.3 is 15.7 Å². The number of carboxylic acids is 1. The first-order valence-electron chi connectivity index (χ1n) is 7.22. The Labute approximate surface area is 124 Å². The first kappa shape index (κ1) is 15.4. The lowest BCUT2D eigenvalue weighted by molar-refractivity contribution is -0.117. The summed E-state index contributed by atoms with van der Waals surface area (Å²) < 4.78 is 0. The van der Waals surface area contributed by atoms with Crippen molar-refractivity contribution in [2.75, 3.05) is 12.4 Å². The number of hydrogen-bond acceptors (Lipinski definition) is 4. The normalized spacial score (nSPS) is 17.2. The summed E-state index contributed by atoms with van der Waals surface area (Å²) in [7, 11) is 1.89. The number of aromatic nitrogens is 1. The largest absolute Gasteiger partial charge is 0.478 e. The van der Waals surface area contributed by atoms with Crippen LogP contribution >= 0.6 is 0 Å². The van der Waals surface area contributed by atoms with Crippen LogP contribution in [0, 0.1) is 0 Å². The van der Waals surface area contributed by atoms with Crippen molar-refractivity contribution >= 4 is 17.6 Å². The number of nitrogens with one attached hydrogen (secondary N) is 2. The van der Waals surface area contributed by atoms with Crippen LogP contribution in [0.15, 0.2) is 18.5 Å². The highest BCUT2D eigenvalue weighted by atomic mass is 16.4. The second-order valence-electron chi connectivity index (χ2n) is 5.58. The maximum atomic E-state index is 12.2. The first-order chi connectivity index (χ1) is 10.0. The smallest absolute Gasteiger partial charge is 0.337 e. The van der Waals surface area contributed by atoms with Gasteiger partial charge in [-0.15, -0.1) is 0 Å². The van der Waals surface area contributed by atoms with Crippen LogP contribution in [0.5, 0.6) is 0 Å². The molecule has 3 N–H and O–H groups in total. The van der Waals surface area contributed by atoms with Gasteiger partial charge in [0.05, 0.1) is 17.4 Å². The predicted octanol–water partition coefficient (Wildman–Crippen LogP) is 2.03. The van der Waals surface area contributed by atoms with Crippen molar-refractivity contribution in [1.82, 2.24) is 10.3 Å². The van der Waals surface area contributed by atoms with Crippen LogP contribution in [-0.2, 0) is 4.79 Å². The third-order valence-electron chi connectivity index (χ3n) is 4.11. The molecule has 2 rings (SSSR count). The average molecular weight is 291 g/mol. The molecule has 1 aromatic heterocycles. The number of pyridine rings is 1. The highest BCUT2D eigenvalue weighted by molar-refractivity contribution is 5.93. The van der Waals surface area contributed by atoms with E-state index in [1.54, 1.807) is 0 Å². The molecule has 114 valence electrons. The quantitative estimate of drug-likeness (QED) is 0.772. The molecule has 0 aliphatic heterocycles. The zero-order valence-corrected chi connectivity index (χ0v) is 12.2. The van der Waals surface area contributed by atoms with E-state index in [-0.39, 0.29) is 17.0 Å². The average Bonchev–Trinajstić information content (AvgIpc) is 2.48. The number of rotatable bonds is 5. The van der Waals surface area contributed by atoms with E-state index in [0.29, 0.717) is 12.1 Å². The van der Waals surface area contributed by atoms with Gasteiger partial charge in [-0.25, -0.2) is 4.79 Å². The molecule has 6 nitrogen and oxygen atoms in total. The van der Waals surface area contributed by atoms with E-state index in [9.17, 15) is 9.59 Å². The summed E-state index contributed by atoms with van der Waals surface area (Å²) in [5, 5.41) is 15.0. The van der Waals surface area contributed by atoms with Gasteiger partial charge in [-0.2, -0.15) is 0 Å². The number of carbonyl (C=O) groups is 2. The molecule has 1 saturated carbocycles. The Morgan fingerprint density at radius 2 is 2.00 bits per heavy atom. The van der Waals surface area contributed by atoms with Gasteiger partial charge in [0, 0.05) is 18.2 Å². The Balaban J connectivity index is 2.00. The van der Waals surface area contributed by atoms with Crippen molar-refractivity contribution in [1.29, 1.82) is 0 Å². The molecule has 1 amide bonds. The Morgan fingerprint density at radius 1 is 1.29 bits per heavy atom. The van der Waals surface area contributed by atoms with Crippen LogP contribution in [0.2, 0.25) is 0 Å². The van der Waals surface area contributed by atoms with Gasteiger partial charge in [-0.1, -0.05) is 19.3 Å². The lowest BCUT2D eigenvalue weighted by atomic mass is 9.79. The minimum atomic E-state index is -1.06. The van der Waals surface area contributed by atoms with Crippen LogP contribution in [0.25, 0.3) is 0 Å².